The van der Waals surface area contributed by atoms with Crippen molar-refractivity contribution in [2.75, 3.05) is 4.90 Å². The molecule has 0 saturated carbocycles. The Kier molecular flexibility index (Phi) is 8.17. The number of aromatic nitrogens is 1. The maximum absolute atomic E-state index is 6.25. The first kappa shape index (κ1) is 34.9. The Labute approximate surface area is 353 Å². The fourth-order valence-electron chi connectivity index (χ4n) is 9.39. The predicted octanol–water partition coefficient (Wildman–Crippen LogP) is 16.3. The summed E-state index contributed by atoms with van der Waals surface area (Å²) in [6.45, 7) is 0. The lowest BCUT2D eigenvalue weighted by atomic mass is 9.93. The van der Waals surface area contributed by atoms with Gasteiger partial charge in [-0.3, -0.25) is 0 Å². The highest BCUT2D eigenvalue weighted by Crippen LogP contribution is 2.47. The number of anilines is 3. The van der Waals surface area contributed by atoms with E-state index in [1.54, 1.807) is 0 Å². The van der Waals surface area contributed by atoms with Crippen molar-refractivity contribution >= 4 is 71.6 Å². The lowest BCUT2D eigenvalue weighted by Crippen LogP contribution is -2.12. The summed E-state index contributed by atoms with van der Waals surface area (Å²) < 4.78 is 8.62. The van der Waals surface area contributed by atoms with Gasteiger partial charge in [0.05, 0.1) is 22.4 Å². The van der Waals surface area contributed by atoms with E-state index in [4.69, 9.17) is 4.42 Å². The summed E-state index contributed by atoms with van der Waals surface area (Å²) in [5.41, 5.74) is 15.5. The smallest absolute Gasteiger partial charge is 0.136 e. The Morgan fingerprint density at radius 1 is 0.344 bits per heavy atom. The molecule has 61 heavy (non-hydrogen) atoms. The minimum absolute atomic E-state index is 0.913. The van der Waals surface area contributed by atoms with Crippen molar-refractivity contribution in [1.82, 2.24) is 4.57 Å². The molecule has 0 saturated heterocycles. The van der Waals surface area contributed by atoms with Gasteiger partial charge in [0, 0.05) is 44.0 Å². The van der Waals surface area contributed by atoms with Gasteiger partial charge in [-0.25, -0.2) is 0 Å². The molecule has 0 fully saturated rings. The molecule has 2 heterocycles. The summed E-state index contributed by atoms with van der Waals surface area (Å²) in [6.07, 6.45) is 0. The van der Waals surface area contributed by atoms with Crippen LogP contribution in [0.1, 0.15) is 0 Å². The molecule has 12 rings (SSSR count). The lowest BCUT2D eigenvalue weighted by Gasteiger charge is -2.30. The monoisotopic (exact) mass is 778 g/mol. The Morgan fingerprint density at radius 3 is 1.79 bits per heavy atom. The summed E-state index contributed by atoms with van der Waals surface area (Å²) >= 11 is 0. The Balaban J connectivity index is 1.09. The molecule has 0 unspecified atom stereocenters. The van der Waals surface area contributed by atoms with Crippen LogP contribution in [-0.2, 0) is 0 Å². The maximum atomic E-state index is 6.25. The Hall–Kier alpha value is -8.14. The molecule has 0 aliphatic carbocycles. The van der Waals surface area contributed by atoms with E-state index in [0.29, 0.717) is 0 Å². The zero-order valence-corrected chi connectivity index (χ0v) is 33.2. The fraction of sp³-hybridized carbons (Fsp3) is 0. The first-order valence-electron chi connectivity index (χ1n) is 20.8. The van der Waals surface area contributed by atoms with Gasteiger partial charge in [0.2, 0.25) is 0 Å². The van der Waals surface area contributed by atoms with Crippen LogP contribution in [-0.4, -0.2) is 4.57 Å². The third kappa shape index (κ3) is 5.82. The van der Waals surface area contributed by atoms with Crippen molar-refractivity contribution in [1.29, 1.82) is 0 Å². The van der Waals surface area contributed by atoms with Gasteiger partial charge < -0.3 is 13.9 Å². The molecule has 2 aromatic heterocycles. The van der Waals surface area contributed by atoms with Crippen LogP contribution in [0.25, 0.3) is 93.6 Å². The van der Waals surface area contributed by atoms with Crippen LogP contribution in [0.3, 0.4) is 0 Å². The second-order valence-corrected chi connectivity index (χ2v) is 15.7. The van der Waals surface area contributed by atoms with Gasteiger partial charge in [0.15, 0.2) is 0 Å². The number of fused-ring (bicyclic) bond motifs is 8. The number of furan rings is 1. The van der Waals surface area contributed by atoms with E-state index in [-0.39, 0.29) is 0 Å². The summed E-state index contributed by atoms with van der Waals surface area (Å²) in [5.74, 6) is 0. The fourth-order valence-corrected chi connectivity index (χ4v) is 9.39. The number of rotatable bonds is 7. The highest BCUT2D eigenvalue weighted by molar-refractivity contribution is 6.19. The molecule has 12 aromatic rings. The minimum Gasteiger partial charge on any atom is -0.456 e. The van der Waals surface area contributed by atoms with Crippen LogP contribution in [0.2, 0.25) is 0 Å². The predicted molar refractivity (Wildman–Crippen MR) is 257 cm³/mol. The zero-order valence-electron chi connectivity index (χ0n) is 33.2. The zero-order chi connectivity index (χ0) is 40.3. The van der Waals surface area contributed by atoms with Gasteiger partial charge in [-0.1, -0.05) is 158 Å². The molecule has 0 aliphatic heterocycles. The second-order valence-electron chi connectivity index (χ2n) is 15.7. The lowest BCUT2D eigenvalue weighted by molar-refractivity contribution is 0.669. The molecule has 0 bridgehead atoms. The van der Waals surface area contributed by atoms with Crippen molar-refractivity contribution < 1.29 is 4.42 Å². The minimum atomic E-state index is 0.913. The summed E-state index contributed by atoms with van der Waals surface area (Å²) in [5, 5.41) is 7.10. The van der Waals surface area contributed by atoms with E-state index in [0.717, 1.165) is 72.5 Å². The van der Waals surface area contributed by atoms with E-state index in [1.165, 1.54) is 38.1 Å². The van der Waals surface area contributed by atoms with E-state index in [9.17, 15) is 0 Å². The van der Waals surface area contributed by atoms with Gasteiger partial charge in [-0.15, -0.1) is 0 Å². The molecule has 0 aliphatic rings. The number of nitrogens with zero attached hydrogens (tertiary/aromatic N) is 2. The highest BCUT2D eigenvalue weighted by Gasteiger charge is 2.23. The molecule has 3 heteroatoms. The second kappa shape index (κ2) is 14.3. The summed E-state index contributed by atoms with van der Waals surface area (Å²) in [6, 6.07) is 83.1. The van der Waals surface area contributed by atoms with Gasteiger partial charge in [0.25, 0.3) is 0 Å². The molecular weight excluding hydrogens is 741 g/mol. The van der Waals surface area contributed by atoms with Crippen LogP contribution in [0.5, 0.6) is 0 Å². The Bertz CT molecular complexity index is 3580. The van der Waals surface area contributed by atoms with Crippen molar-refractivity contribution in [3.8, 4) is 39.1 Å². The first-order valence-corrected chi connectivity index (χ1v) is 20.8. The van der Waals surface area contributed by atoms with Crippen molar-refractivity contribution in [2.45, 2.75) is 0 Å². The first-order chi connectivity index (χ1) is 30.3. The molecular formula is C58H38N2O. The number of para-hydroxylation sites is 4. The SMILES string of the molecule is c1ccc(-c2ccccc2N(c2ccc3c(c2)c2ccccc2n3-c2ccccc2)c2ccc(-c3ccc4c(ccc5oc6ccccc6c54)c3)cc2-c2ccccc2)cc1. The summed E-state index contributed by atoms with van der Waals surface area (Å²) in [7, 11) is 0. The van der Waals surface area contributed by atoms with E-state index in [2.05, 4.69) is 228 Å². The van der Waals surface area contributed by atoms with Gasteiger partial charge in [-0.2, -0.15) is 0 Å². The third-order valence-electron chi connectivity index (χ3n) is 12.2. The van der Waals surface area contributed by atoms with Crippen molar-refractivity contribution in [3.05, 3.63) is 231 Å². The largest absolute Gasteiger partial charge is 0.456 e. The van der Waals surface area contributed by atoms with Crippen LogP contribution < -0.4 is 4.90 Å². The van der Waals surface area contributed by atoms with Crippen LogP contribution in [0.4, 0.5) is 17.1 Å². The Morgan fingerprint density at radius 2 is 0.967 bits per heavy atom. The number of hydrogen-bond acceptors (Lipinski definition) is 2. The number of benzene rings is 10. The van der Waals surface area contributed by atoms with Crippen molar-refractivity contribution in [2.24, 2.45) is 0 Å². The standard InChI is InChI=1S/C58H38N2O/c1-4-16-39(17-5-1)46-22-10-13-25-52(46)60(45-31-34-55-51(38-45)48-23-11-14-26-53(48)59(55)44-20-8-3-9-21-44)54-33-29-42(37-50(54)40-18-6-2-7-19-40)41-28-32-47-43(36-41)30-35-57-58(47)49-24-12-15-27-56(49)61-57/h1-38H. The highest BCUT2D eigenvalue weighted by atomic mass is 16.3. The third-order valence-corrected chi connectivity index (χ3v) is 12.2. The van der Waals surface area contributed by atoms with E-state index >= 15 is 0 Å². The quantitative estimate of drug-likeness (QED) is 0.161. The molecule has 0 spiro atoms. The summed E-state index contributed by atoms with van der Waals surface area (Å²) in [4.78, 5) is 2.46. The van der Waals surface area contributed by atoms with Gasteiger partial charge in [0.1, 0.15) is 11.2 Å². The topological polar surface area (TPSA) is 21.3 Å². The van der Waals surface area contributed by atoms with Crippen LogP contribution in [0, 0.1) is 0 Å². The van der Waals surface area contributed by atoms with Crippen LogP contribution in [0.15, 0.2) is 235 Å². The van der Waals surface area contributed by atoms with Gasteiger partial charge in [-0.05, 0) is 106 Å². The molecule has 286 valence electrons. The van der Waals surface area contributed by atoms with E-state index in [1.807, 2.05) is 12.1 Å². The molecule has 3 nitrogen and oxygen atoms in total. The van der Waals surface area contributed by atoms with E-state index < -0.39 is 0 Å². The molecule has 0 N–H and O–H groups in total. The average molecular weight is 779 g/mol. The maximum Gasteiger partial charge on any atom is 0.136 e. The normalized spacial score (nSPS) is 11.6. The van der Waals surface area contributed by atoms with Crippen LogP contribution >= 0.6 is 0 Å². The van der Waals surface area contributed by atoms with Crippen molar-refractivity contribution in [3.63, 3.8) is 0 Å². The molecule has 0 atom stereocenters. The average Bonchev–Trinajstić information content (AvgIpc) is 3.88. The van der Waals surface area contributed by atoms with Gasteiger partial charge >= 0.3 is 0 Å². The molecule has 10 aromatic carbocycles. The molecule has 0 radical (unpaired) electrons. The molecule has 0 amide bonds. The number of hydrogen-bond donors (Lipinski definition) is 0.